The summed E-state index contributed by atoms with van der Waals surface area (Å²) in [5.41, 5.74) is 2.23. The van der Waals surface area contributed by atoms with E-state index in [0.29, 0.717) is 0 Å². The van der Waals surface area contributed by atoms with Gasteiger partial charge < -0.3 is 9.64 Å². The van der Waals surface area contributed by atoms with Gasteiger partial charge in [0, 0.05) is 12.2 Å². The molecule has 1 heterocycles. The number of benzene rings is 1. The smallest absolute Gasteiger partial charge is 0.250 e. The molecule has 0 saturated heterocycles. The molecule has 0 fully saturated rings. The third-order valence-electron chi connectivity index (χ3n) is 3.08. The number of carbonyl (C=O) groups is 1. The van der Waals surface area contributed by atoms with E-state index in [1.807, 2.05) is 35.6 Å². The van der Waals surface area contributed by atoms with E-state index in [9.17, 15) is 4.79 Å². The van der Waals surface area contributed by atoms with E-state index in [1.54, 1.807) is 30.6 Å². The number of methoxy groups -OCH3 is 1. The number of amides is 1. The minimum absolute atomic E-state index is 0.0157. The topological polar surface area (TPSA) is 29.5 Å². The van der Waals surface area contributed by atoms with Crippen molar-refractivity contribution < 1.29 is 9.53 Å². The fourth-order valence-electron chi connectivity index (χ4n) is 2.16. The highest BCUT2D eigenvalue weighted by Crippen LogP contribution is 2.33. The molecule has 1 aromatic carbocycles. The van der Waals surface area contributed by atoms with Crippen LogP contribution < -0.4 is 9.64 Å². The van der Waals surface area contributed by atoms with E-state index in [4.69, 9.17) is 4.74 Å². The third kappa shape index (κ3) is 2.47. The molecule has 0 aliphatic carbocycles. The molecule has 0 atom stereocenters. The predicted octanol–water partition coefficient (Wildman–Crippen LogP) is 2.64. The van der Waals surface area contributed by atoms with E-state index in [2.05, 4.69) is 0 Å². The first kappa shape index (κ1) is 13.6. The van der Waals surface area contributed by atoms with Crippen LogP contribution in [-0.2, 0) is 11.2 Å². The van der Waals surface area contributed by atoms with Gasteiger partial charge in [-0.1, -0.05) is 0 Å². The molecule has 0 saturated carbocycles. The number of hydrogen-bond donors (Lipinski definition) is 0. The van der Waals surface area contributed by atoms with E-state index in [1.165, 1.54) is 5.56 Å². The summed E-state index contributed by atoms with van der Waals surface area (Å²) in [6, 6.07) is 5.92. The molecule has 0 aromatic heterocycles. The molecule has 0 spiro atoms. The summed E-state index contributed by atoms with van der Waals surface area (Å²) in [7, 11) is 1.66. The van der Waals surface area contributed by atoms with Crippen LogP contribution in [0.1, 0.15) is 5.56 Å². The van der Waals surface area contributed by atoms with Crippen molar-refractivity contribution in [1.82, 2.24) is 0 Å². The zero-order valence-electron chi connectivity index (χ0n) is 10.8. The second-order valence-corrected chi connectivity index (χ2v) is 6.22. The Morgan fingerprint density at radius 3 is 2.72 bits per heavy atom. The van der Waals surface area contributed by atoms with E-state index in [-0.39, 0.29) is 10.5 Å². The van der Waals surface area contributed by atoms with Crippen LogP contribution in [0, 0.1) is 0 Å². The highest BCUT2D eigenvalue weighted by molar-refractivity contribution is 8.17. The first-order valence-corrected chi connectivity index (χ1v) is 8.32. The molecule has 3 nitrogen and oxygen atoms in total. The third-order valence-corrected chi connectivity index (χ3v) is 5.49. The largest absolute Gasteiger partial charge is 0.497 e. The van der Waals surface area contributed by atoms with Gasteiger partial charge in [0.15, 0.2) is 0 Å². The molecule has 0 radical (unpaired) electrons. The van der Waals surface area contributed by atoms with Crippen molar-refractivity contribution >= 4 is 35.1 Å². The minimum Gasteiger partial charge on any atom is -0.497 e. The fraction of sp³-hybridized carbons (Fsp3) is 0.462. The van der Waals surface area contributed by atoms with Gasteiger partial charge in [0.2, 0.25) is 5.91 Å². The highest BCUT2D eigenvalue weighted by atomic mass is 32.2. The monoisotopic (exact) mass is 283 g/mol. The summed E-state index contributed by atoms with van der Waals surface area (Å²) in [5.74, 6) is 1.05. The average Bonchev–Trinajstić information content (AvgIpc) is 2.82. The summed E-state index contributed by atoms with van der Waals surface area (Å²) in [4.78, 5) is 14.3. The molecule has 0 unspecified atom stereocenters. The Balaban J connectivity index is 2.23. The highest BCUT2D eigenvalue weighted by Gasteiger charge is 2.29. The lowest BCUT2D eigenvalue weighted by molar-refractivity contribution is -0.116. The predicted molar refractivity (Wildman–Crippen MR) is 79.9 cm³/mol. The first-order chi connectivity index (χ1) is 8.71. The number of fused-ring (bicyclic) bond motifs is 1. The Hall–Kier alpha value is -0.810. The SMILES string of the molecule is COc1ccc2c(c1)CCN2C(=O)C(SC)SC. The lowest BCUT2D eigenvalue weighted by Gasteiger charge is -2.21. The molecule has 2 rings (SSSR count). The van der Waals surface area contributed by atoms with Gasteiger partial charge in [-0.05, 0) is 42.7 Å². The summed E-state index contributed by atoms with van der Waals surface area (Å²) in [6.45, 7) is 0.777. The standard InChI is InChI=1S/C13H17NO2S2/c1-16-10-4-5-11-9(8-10)6-7-14(11)12(15)13(17-2)18-3/h4-5,8,13H,6-7H2,1-3H3. The first-order valence-electron chi connectivity index (χ1n) is 5.75. The van der Waals surface area contributed by atoms with Crippen LogP contribution in [0.25, 0.3) is 0 Å². The molecule has 1 aliphatic rings. The van der Waals surface area contributed by atoms with Gasteiger partial charge in [0.05, 0.1) is 7.11 Å². The van der Waals surface area contributed by atoms with Gasteiger partial charge >= 0.3 is 0 Å². The molecule has 18 heavy (non-hydrogen) atoms. The van der Waals surface area contributed by atoms with Gasteiger partial charge in [0.25, 0.3) is 0 Å². The Kier molecular flexibility index (Phi) is 4.45. The molecular weight excluding hydrogens is 266 g/mol. The van der Waals surface area contributed by atoms with Crippen LogP contribution in [0.2, 0.25) is 0 Å². The molecule has 5 heteroatoms. The van der Waals surface area contributed by atoms with Gasteiger partial charge in [-0.25, -0.2) is 0 Å². The number of carbonyl (C=O) groups excluding carboxylic acids is 1. The summed E-state index contributed by atoms with van der Waals surface area (Å²) >= 11 is 3.19. The van der Waals surface area contributed by atoms with Gasteiger partial charge in [-0.15, -0.1) is 23.5 Å². The maximum Gasteiger partial charge on any atom is 0.250 e. The van der Waals surface area contributed by atoms with E-state index >= 15 is 0 Å². The normalized spacial score (nSPS) is 13.9. The van der Waals surface area contributed by atoms with Crippen LogP contribution in [-0.4, -0.2) is 36.7 Å². The summed E-state index contributed by atoms with van der Waals surface area (Å²) in [5, 5.41) is 0. The molecule has 1 aromatic rings. The van der Waals surface area contributed by atoms with Crippen molar-refractivity contribution in [1.29, 1.82) is 0 Å². The number of ether oxygens (including phenoxy) is 1. The maximum atomic E-state index is 12.4. The van der Waals surface area contributed by atoms with E-state index < -0.39 is 0 Å². The van der Waals surface area contributed by atoms with Crippen LogP contribution in [0.4, 0.5) is 5.69 Å². The Bertz CT molecular complexity index is 447. The van der Waals surface area contributed by atoms with Gasteiger partial charge in [-0.3, -0.25) is 4.79 Å². The van der Waals surface area contributed by atoms with Gasteiger partial charge in [0.1, 0.15) is 10.3 Å². The Labute approximate surface area is 116 Å². The summed E-state index contributed by atoms with van der Waals surface area (Å²) in [6.07, 6.45) is 4.86. The maximum absolute atomic E-state index is 12.4. The van der Waals surface area contributed by atoms with Gasteiger partial charge in [-0.2, -0.15) is 0 Å². The van der Waals surface area contributed by atoms with Crippen molar-refractivity contribution in [2.45, 2.75) is 11.0 Å². The Morgan fingerprint density at radius 1 is 1.39 bits per heavy atom. The molecule has 1 amide bonds. The molecule has 0 bridgehead atoms. The van der Waals surface area contributed by atoms with Crippen molar-refractivity contribution in [3.8, 4) is 5.75 Å². The quantitative estimate of drug-likeness (QED) is 0.795. The zero-order valence-corrected chi connectivity index (χ0v) is 12.4. The zero-order chi connectivity index (χ0) is 13.1. The van der Waals surface area contributed by atoms with Crippen molar-refractivity contribution in [2.24, 2.45) is 0 Å². The average molecular weight is 283 g/mol. The van der Waals surface area contributed by atoms with Crippen LogP contribution in [0.15, 0.2) is 18.2 Å². The number of hydrogen-bond acceptors (Lipinski definition) is 4. The van der Waals surface area contributed by atoms with Crippen molar-refractivity contribution in [2.75, 3.05) is 31.1 Å². The lowest BCUT2D eigenvalue weighted by atomic mass is 10.1. The number of nitrogens with zero attached hydrogens (tertiary/aromatic N) is 1. The van der Waals surface area contributed by atoms with Crippen molar-refractivity contribution in [3.05, 3.63) is 23.8 Å². The van der Waals surface area contributed by atoms with Crippen LogP contribution in [0.3, 0.4) is 0 Å². The summed E-state index contributed by atoms with van der Waals surface area (Å²) < 4.78 is 5.20. The molecule has 0 N–H and O–H groups in total. The minimum atomic E-state index is -0.0157. The van der Waals surface area contributed by atoms with Crippen LogP contribution >= 0.6 is 23.5 Å². The number of thioether (sulfide) groups is 2. The number of anilines is 1. The second kappa shape index (κ2) is 5.89. The molecular formula is C13H17NO2S2. The Morgan fingerprint density at radius 2 is 2.11 bits per heavy atom. The molecule has 1 aliphatic heterocycles. The van der Waals surface area contributed by atoms with Crippen molar-refractivity contribution in [3.63, 3.8) is 0 Å². The fourth-order valence-corrected chi connectivity index (χ4v) is 3.59. The van der Waals surface area contributed by atoms with E-state index in [0.717, 1.165) is 24.4 Å². The lowest BCUT2D eigenvalue weighted by Crippen LogP contribution is -2.34. The van der Waals surface area contributed by atoms with Crippen LogP contribution in [0.5, 0.6) is 5.75 Å². The molecule has 98 valence electrons. The second-order valence-electron chi connectivity index (χ2n) is 4.04. The number of rotatable bonds is 4.